The first-order chi connectivity index (χ1) is 2.00. The molecule has 0 radical (unpaired) electrons. The van der Waals surface area contributed by atoms with Gasteiger partial charge in [0.2, 0.25) is 0 Å². The Morgan fingerprint density at radius 3 is 1.20 bits per heavy atom. The number of rotatable bonds is 0. The first-order valence-electron chi connectivity index (χ1n) is 1.37. The summed E-state index contributed by atoms with van der Waals surface area (Å²) in [5.74, 6) is 0. The van der Waals surface area contributed by atoms with E-state index in [4.69, 9.17) is 16.2 Å². The van der Waals surface area contributed by atoms with Gasteiger partial charge in [-0.3, -0.25) is 0 Å². The molecule has 0 aromatic rings. The lowest BCUT2D eigenvalue weighted by Crippen LogP contribution is -2.61. The maximum Gasteiger partial charge on any atom is 0.270 e. The van der Waals surface area contributed by atoms with E-state index in [9.17, 15) is 0 Å². The van der Waals surface area contributed by atoms with Gasteiger partial charge in [-0.05, 0) is 6.55 Å². The fourth-order valence-electron chi connectivity index (χ4n) is 0. The van der Waals surface area contributed by atoms with Crippen molar-refractivity contribution >= 4 is 8.56 Å². The topological polar surface area (TPSA) is 78.1 Å². The first-order valence-corrected chi connectivity index (χ1v) is 4.10. The van der Waals surface area contributed by atoms with E-state index in [0.717, 1.165) is 0 Å². The monoisotopic (exact) mass is 91.1 g/mol. The molecule has 0 saturated carbocycles. The molecule has 0 heterocycles. The van der Waals surface area contributed by atoms with Crippen molar-refractivity contribution in [3.63, 3.8) is 0 Å². The molecule has 0 unspecified atom stereocenters. The van der Waals surface area contributed by atoms with Crippen molar-refractivity contribution in [2.45, 2.75) is 6.55 Å². The van der Waals surface area contributed by atoms with Crippen LogP contribution in [0.5, 0.6) is 0 Å². The largest absolute Gasteiger partial charge is 0.327 e. The molecule has 6 N–H and O–H groups in total. The van der Waals surface area contributed by atoms with Crippen LogP contribution in [-0.2, 0) is 0 Å². The standard InChI is InChI=1S/CH9N3Si/c1-5(2,3)4/h2-4H2,1H3. The van der Waals surface area contributed by atoms with E-state index in [1.54, 1.807) is 6.55 Å². The number of nitrogens with two attached hydrogens (primary N) is 3. The van der Waals surface area contributed by atoms with Crippen molar-refractivity contribution in [2.75, 3.05) is 0 Å². The minimum Gasteiger partial charge on any atom is -0.327 e. The third kappa shape index (κ3) is 1920. The Morgan fingerprint density at radius 1 is 1.20 bits per heavy atom. The van der Waals surface area contributed by atoms with Crippen molar-refractivity contribution in [2.24, 2.45) is 16.2 Å². The molecule has 0 atom stereocenters. The second kappa shape index (κ2) is 1.06. The van der Waals surface area contributed by atoms with Crippen LogP contribution < -0.4 is 16.2 Å². The summed E-state index contributed by atoms with van der Waals surface area (Å²) >= 11 is 0. The lowest BCUT2D eigenvalue weighted by atomic mass is 11.9. The Balaban J connectivity index is 3.02. The molecule has 0 rings (SSSR count). The maximum atomic E-state index is 5.05. The normalized spacial score (nSPS) is 12.0. The van der Waals surface area contributed by atoms with E-state index in [0.29, 0.717) is 0 Å². The van der Waals surface area contributed by atoms with Gasteiger partial charge < -0.3 is 16.2 Å². The Kier molecular flexibility index (Phi) is 1.08. The van der Waals surface area contributed by atoms with Gasteiger partial charge in [0.25, 0.3) is 8.56 Å². The molecule has 0 bridgehead atoms. The van der Waals surface area contributed by atoms with Crippen LogP contribution in [0.25, 0.3) is 0 Å². The van der Waals surface area contributed by atoms with Gasteiger partial charge in [0.15, 0.2) is 0 Å². The molecule has 0 fully saturated rings. The van der Waals surface area contributed by atoms with Gasteiger partial charge in [-0.25, -0.2) is 0 Å². The van der Waals surface area contributed by atoms with Crippen molar-refractivity contribution in [3.05, 3.63) is 0 Å². The van der Waals surface area contributed by atoms with Crippen molar-refractivity contribution in [3.8, 4) is 0 Å². The summed E-state index contributed by atoms with van der Waals surface area (Å²) in [6.45, 7) is 1.66. The van der Waals surface area contributed by atoms with E-state index in [1.165, 1.54) is 0 Å². The molecule has 3 nitrogen and oxygen atoms in total. The molecular formula is CH9N3Si. The van der Waals surface area contributed by atoms with Gasteiger partial charge in [-0.1, -0.05) is 0 Å². The fraction of sp³-hybridized carbons (Fsp3) is 1.00. The highest BCUT2D eigenvalue weighted by Gasteiger charge is 2.03. The molecule has 0 aliphatic heterocycles. The highest BCUT2D eigenvalue weighted by Crippen LogP contribution is 1.54. The SMILES string of the molecule is C[Si](N)(N)N. The molecule has 4 heteroatoms. The van der Waals surface area contributed by atoms with Gasteiger partial charge in [0.05, 0.1) is 0 Å². The zero-order chi connectivity index (χ0) is 4.50. The van der Waals surface area contributed by atoms with Gasteiger partial charge in [0, 0.05) is 0 Å². The summed E-state index contributed by atoms with van der Waals surface area (Å²) in [6.07, 6.45) is 0. The summed E-state index contributed by atoms with van der Waals surface area (Å²) in [7, 11) is -2.11. The van der Waals surface area contributed by atoms with Crippen LogP contribution in [0.15, 0.2) is 0 Å². The molecule has 0 aromatic heterocycles. The number of hydrogen-bond donors (Lipinski definition) is 3. The zero-order valence-electron chi connectivity index (χ0n) is 3.23. The van der Waals surface area contributed by atoms with Gasteiger partial charge in [-0.15, -0.1) is 0 Å². The minimum absolute atomic E-state index is 1.66. The number of hydrogen-bond acceptors (Lipinski definition) is 3. The molecule has 0 aliphatic carbocycles. The Bertz CT molecular complexity index is 22.4. The Hall–Kier alpha value is 0.0969. The lowest BCUT2D eigenvalue weighted by Gasteiger charge is -2.01. The van der Waals surface area contributed by atoms with Crippen LogP contribution in [-0.4, -0.2) is 8.56 Å². The van der Waals surface area contributed by atoms with E-state index in [2.05, 4.69) is 0 Å². The van der Waals surface area contributed by atoms with Crippen LogP contribution >= 0.6 is 0 Å². The van der Waals surface area contributed by atoms with E-state index < -0.39 is 8.56 Å². The van der Waals surface area contributed by atoms with Gasteiger partial charge in [0.1, 0.15) is 0 Å². The van der Waals surface area contributed by atoms with Crippen LogP contribution in [0.2, 0.25) is 6.55 Å². The fourth-order valence-corrected chi connectivity index (χ4v) is 0. The molecule has 0 aromatic carbocycles. The Morgan fingerprint density at radius 2 is 1.20 bits per heavy atom. The second-order valence-electron chi connectivity index (χ2n) is 1.37. The predicted molar refractivity (Wildman–Crippen MR) is 24.2 cm³/mol. The summed E-state index contributed by atoms with van der Waals surface area (Å²) in [6, 6.07) is 0. The van der Waals surface area contributed by atoms with Crippen LogP contribution in [0.3, 0.4) is 0 Å². The molecule has 32 valence electrons. The molecule has 0 spiro atoms. The summed E-state index contributed by atoms with van der Waals surface area (Å²) in [5, 5.41) is 15.1. The summed E-state index contributed by atoms with van der Waals surface area (Å²) in [4.78, 5) is 0. The third-order valence-electron chi connectivity index (χ3n) is 0. The highest BCUT2D eigenvalue weighted by atomic mass is 28.4. The molecule has 0 saturated heterocycles. The smallest absolute Gasteiger partial charge is 0.270 e. The van der Waals surface area contributed by atoms with E-state index >= 15 is 0 Å². The summed E-state index contributed by atoms with van der Waals surface area (Å²) < 4.78 is 0. The molecular weight excluding hydrogens is 82.1 g/mol. The molecule has 0 aliphatic rings. The van der Waals surface area contributed by atoms with Crippen LogP contribution in [0.4, 0.5) is 0 Å². The highest BCUT2D eigenvalue weighted by molar-refractivity contribution is 6.68. The van der Waals surface area contributed by atoms with E-state index in [-0.39, 0.29) is 0 Å². The molecule has 0 amide bonds. The lowest BCUT2D eigenvalue weighted by molar-refractivity contribution is 1.42. The van der Waals surface area contributed by atoms with E-state index in [1.807, 2.05) is 0 Å². The predicted octanol–water partition coefficient (Wildman–Crippen LogP) is -1.57. The third-order valence-corrected chi connectivity index (χ3v) is 0. The van der Waals surface area contributed by atoms with Crippen LogP contribution in [0.1, 0.15) is 0 Å². The average Bonchev–Trinajstić information content (AvgIpc) is 0.722. The quantitative estimate of drug-likeness (QED) is 0.315. The Labute approximate surface area is 32.4 Å². The van der Waals surface area contributed by atoms with Gasteiger partial charge in [-0.2, -0.15) is 0 Å². The zero-order valence-corrected chi connectivity index (χ0v) is 4.23. The van der Waals surface area contributed by atoms with Crippen molar-refractivity contribution < 1.29 is 0 Å². The van der Waals surface area contributed by atoms with Crippen molar-refractivity contribution in [1.29, 1.82) is 0 Å². The maximum absolute atomic E-state index is 5.05. The first kappa shape index (κ1) is 5.10. The summed E-state index contributed by atoms with van der Waals surface area (Å²) in [5.41, 5.74) is 0. The second-order valence-corrected chi connectivity index (χ2v) is 4.10. The molecule has 5 heavy (non-hydrogen) atoms. The van der Waals surface area contributed by atoms with Gasteiger partial charge >= 0.3 is 0 Å². The minimum atomic E-state index is -2.11. The average molecular weight is 91.2 g/mol. The van der Waals surface area contributed by atoms with Crippen LogP contribution in [0, 0.1) is 0 Å². The van der Waals surface area contributed by atoms with Crippen molar-refractivity contribution in [1.82, 2.24) is 0 Å².